The molecule has 1 aromatic heterocycles. The number of nitrogens with zero attached hydrogens (tertiary/aromatic N) is 1. The third-order valence-electron chi connectivity index (χ3n) is 3.28. The van der Waals surface area contributed by atoms with E-state index in [1.54, 1.807) is 23.5 Å². The van der Waals surface area contributed by atoms with Gasteiger partial charge in [-0.3, -0.25) is 0 Å². The first-order valence-electron chi connectivity index (χ1n) is 6.71. The molecule has 2 aromatic carbocycles. The molecule has 0 atom stereocenters. The van der Waals surface area contributed by atoms with Crippen LogP contribution in [0.15, 0.2) is 47.8 Å². The fraction of sp³-hybridized carbons (Fsp3) is 0.118. The summed E-state index contributed by atoms with van der Waals surface area (Å²) in [7, 11) is 0. The van der Waals surface area contributed by atoms with E-state index in [4.69, 9.17) is 0 Å². The van der Waals surface area contributed by atoms with Gasteiger partial charge in [-0.15, -0.1) is 23.7 Å². The Morgan fingerprint density at radius 3 is 2.45 bits per heavy atom. The first kappa shape index (κ1) is 16.3. The number of benzene rings is 2. The molecule has 1 heterocycles. The summed E-state index contributed by atoms with van der Waals surface area (Å²) in [6, 6.07) is 13.4. The second-order valence-electron chi connectivity index (χ2n) is 5.03. The minimum Gasteiger partial charge on any atom is -0.508 e. The highest BCUT2D eigenvalue weighted by atomic mass is 35.5. The largest absolute Gasteiger partial charge is 0.508 e. The van der Waals surface area contributed by atoms with Crippen LogP contribution in [0, 0.1) is 13.8 Å². The van der Waals surface area contributed by atoms with Crippen LogP contribution in [0.4, 0.5) is 10.8 Å². The number of thiazole rings is 1. The third-order valence-corrected chi connectivity index (χ3v) is 4.04. The zero-order valence-electron chi connectivity index (χ0n) is 12.3. The summed E-state index contributed by atoms with van der Waals surface area (Å²) >= 11 is 1.57. The summed E-state index contributed by atoms with van der Waals surface area (Å²) < 4.78 is 0. The number of nitrogens with one attached hydrogen (secondary N) is 1. The SMILES string of the molecule is Cc1ccc(-c2csc(Nc3ccc(O)cc3)n2)c(C)c1.Cl. The fourth-order valence-electron chi connectivity index (χ4n) is 2.22. The van der Waals surface area contributed by atoms with E-state index in [9.17, 15) is 5.11 Å². The van der Waals surface area contributed by atoms with Gasteiger partial charge in [0.1, 0.15) is 5.75 Å². The van der Waals surface area contributed by atoms with Crippen LogP contribution in [0.1, 0.15) is 11.1 Å². The molecule has 0 amide bonds. The number of aromatic nitrogens is 1. The van der Waals surface area contributed by atoms with Gasteiger partial charge in [-0.2, -0.15) is 0 Å². The highest BCUT2D eigenvalue weighted by molar-refractivity contribution is 7.14. The van der Waals surface area contributed by atoms with Crippen LogP contribution >= 0.6 is 23.7 Å². The topological polar surface area (TPSA) is 45.1 Å². The number of hydrogen-bond acceptors (Lipinski definition) is 4. The lowest BCUT2D eigenvalue weighted by molar-refractivity contribution is 0.475. The van der Waals surface area contributed by atoms with E-state index in [1.807, 2.05) is 12.1 Å². The van der Waals surface area contributed by atoms with E-state index >= 15 is 0 Å². The van der Waals surface area contributed by atoms with Gasteiger partial charge in [0.05, 0.1) is 5.69 Å². The molecule has 5 heteroatoms. The van der Waals surface area contributed by atoms with E-state index in [0.29, 0.717) is 0 Å². The van der Waals surface area contributed by atoms with Crippen LogP contribution in [-0.4, -0.2) is 10.1 Å². The minimum absolute atomic E-state index is 0. The third kappa shape index (κ3) is 3.59. The van der Waals surface area contributed by atoms with Crippen LogP contribution in [0.3, 0.4) is 0 Å². The van der Waals surface area contributed by atoms with Gasteiger partial charge in [0.2, 0.25) is 0 Å². The Morgan fingerprint density at radius 2 is 1.77 bits per heavy atom. The molecule has 0 radical (unpaired) electrons. The molecule has 0 aliphatic carbocycles. The predicted octanol–water partition coefficient (Wildman–Crippen LogP) is 5.30. The van der Waals surface area contributed by atoms with Gasteiger partial charge in [0.15, 0.2) is 5.13 Å². The van der Waals surface area contributed by atoms with Gasteiger partial charge in [0.25, 0.3) is 0 Å². The Balaban J connectivity index is 0.00000176. The van der Waals surface area contributed by atoms with Crippen molar-refractivity contribution < 1.29 is 5.11 Å². The summed E-state index contributed by atoms with van der Waals surface area (Å²) in [6.45, 7) is 4.20. The number of phenolic OH excluding ortho intramolecular Hbond substituents is 1. The second kappa shape index (κ2) is 6.81. The number of hydrogen-bond donors (Lipinski definition) is 2. The minimum atomic E-state index is 0. The molecule has 114 valence electrons. The molecular formula is C17H17ClN2OS. The summed E-state index contributed by atoms with van der Waals surface area (Å²) in [5.74, 6) is 0.260. The predicted molar refractivity (Wildman–Crippen MR) is 95.7 cm³/mol. The van der Waals surface area contributed by atoms with E-state index in [1.165, 1.54) is 11.1 Å². The first-order chi connectivity index (χ1) is 10.1. The molecule has 0 spiro atoms. The molecule has 3 aromatic rings. The maximum Gasteiger partial charge on any atom is 0.187 e. The van der Waals surface area contributed by atoms with Crippen molar-refractivity contribution in [2.45, 2.75) is 13.8 Å². The molecule has 22 heavy (non-hydrogen) atoms. The first-order valence-corrected chi connectivity index (χ1v) is 7.59. The summed E-state index contributed by atoms with van der Waals surface area (Å²) in [4.78, 5) is 4.63. The molecule has 2 N–H and O–H groups in total. The molecule has 0 saturated carbocycles. The Kier molecular flexibility index (Phi) is 5.06. The Morgan fingerprint density at radius 1 is 1.05 bits per heavy atom. The monoisotopic (exact) mass is 332 g/mol. The number of phenols is 1. The zero-order chi connectivity index (χ0) is 14.8. The molecule has 0 aliphatic rings. The van der Waals surface area contributed by atoms with Crippen molar-refractivity contribution in [3.8, 4) is 17.0 Å². The maximum atomic E-state index is 9.29. The standard InChI is InChI=1S/C17H16N2OS.ClH/c1-11-3-8-15(12(2)9-11)16-10-21-17(19-16)18-13-4-6-14(20)7-5-13;/h3-10,20H,1-2H3,(H,18,19);1H. The van der Waals surface area contributed by atoms with E-state index < -0.39 is 0 Å². The average molecular weight is 333 g/mol. The van der Waals surface area contributed by atoms with E-state index in [-0.39, 0.29) is 18.2 Å². The van der Waals surface area contributed by atoms with Crippen LogP contribution < -0.4 is 5.32 Å². The number of halogens is 1. The highest BCUT2D eigenvalue weighted by Gasteiger charge is 2.07. The van der Waals surface area contributed by atoms with Gasteiger partial charge in [0, 0.05) is 16.6 Å². The lowest BCUT2D eigenvalue weighted by atomic mass is 10.0. The summed E-state index contributed by atoms with van der Waals surface area (Å²) in [6.07, 6.45) is 0. The Hall–Kier alpha value is -2.04. The number of rotatable bonds is 3. The molecular weight excluding hydrogens is 316 g/mol. The Bertz CT molecular complexity index is 769. The smallest absolute Gasteiger partial charge is 0.187 e. The van der Waals surface area contributed by atoms with Crippen LogP contribution in [0.2, 0.25) is 0 Å². The lowest BCUT2D eigenvalue weighted by Crippen LogP contribution is -1.90. The average Bonchev–Trinajstić information content (AvgIpc) is 2.90. The molecule has 0 bridgehead atoms. The van der Waals surface area contributed by atoms with Crippen molar-refractivity contribution >= 4 is 34.6 Å². The maximum absolute atomic E-state index is 9.29. The van der Waals surface area contributed by atoms with Crippen molar-refractivity contribution in [3.05, 3.63) is 59.0 Å². The second-order valence-corrected chi connectivity index (χ2v) is 5.89. The van der Waals surface area contributed by atoms with Gasteiger partial charge in [-0.1, -0.05) is 23.8 Å². The van der Waals surface area contributed by atoms with Crippen molar-refractivity contribution in [1.29, 1.82) is 0 Å². The zero-order valence-corrected chi connectivity index (χ0v) is 14.0. The molecule has 3 rings (SSSR count). The highest BCUT2D eigenvalue weighted by Crippen LogP contribution is 2.29. The molecule has 0 unspecified atom stereocenters. The van der Waals surface area contributed by atoms with Crippen LogP contribution in [-0.2, 0) is 0 Å². The van der Waals surface area contributed by atoms with Crippen LogP contribution in [0.5, 0.6) is 5.75 Å². The number of aryl methyl sites for hydroxylation is 2. The van der Waals surface area contributed by atoms with Crippen LogP contribution in [0.25, 0.3) is 11.3 Å². The lowest BCUT2D eigenvalue weighted by Gasteiger charge is -2.04. The molecule has 0 saturated heterocycles. The van der Waals surface area contributed by atoms with Gasteiger partial charge < -0.3 is 10.4 Å². The van der Waals surface area contributed by atoms with Crippen molar-refractivity contribution in [1.82, 2.24) is 4.98 Å². The van der Waals surface area contributed by atoms with Gasteiger partial charge in [-0.25, -0.2) is 4.98 Å². The summed E-state index contributed by atoms with van der Waals surface area (Å²) in [5, 5.41) is 15.4. The van der Waals surface area contributed by atoms with E-state index in [2.05, 4.69) is 47.7 Å². The quantitative estimate of drug-likeness (QED) is 0.640. The summed E-state index contributed by atoms with van der Waals surface area (Å²) in [5.41, 5.74) is 5.55. The number of aromatic hydroxyl groups is 1. The molecule has 0 fully saturated rings. The fourth-order valence-corrected chi connectivity index (χ4v) is 2.95. The van der Waals surface area contributed by atoms with Gasteiger partial charge in [-0.05, 0) is 43.7 Å². The Labute approximate surface area is 140 Å². The van der Waals surface area contributed by atoms with Crippen molar-refractivity contribution in [2.24, 2.45) is 0 Å². The molecule has 0 aliphatic heterocycles. The molecule has 3 nitrogen and oxygen atoms in total. The number of anilines is 2. The van der Waals surface area contributed by atoms with E-state index in [0.717, 1.165) is 22.1 Å². The van der Waals surface area contributed by atoms with Crippen molar-refractivity contribution in [3.63, 3.8) is 0 Å². The van der Waals surface area contributed by atoms with Crippen molar-refractivity contribution in [2.75, 3.05) is 5.32 Å². The normalized spacial score (nSPS) is 10.1. The van der Waals surface area contributed by atoms with Gasteiger partial charge >= 0.3 is 0 Å².